The Labute approximate surface area is 187 Å². The molecule has 3 fully saturated rings. The van der Waals surface area contributed by atoms with Crippen LogP contribution in [0.25, 0.3) is 0 Å². The third kappa shape index (κ3) is 3.90. The molecule has 3 aliphatic rings. The van der Waals surface area contributed by atoms with Gasteiger partial charge in [-0.25, -0.2) is 9.37 Å². The maximum atomic E-state index is 14.0. The lowest BCUT2D eigenvalue weighted by Crippen LogP contribution is -2.57. The summed E-state index contributed by atoms with van der Waals surface area (Å²) in [6.45, 7) is 4.28. The molecule has 1 aliphatic carbocycles. The average molecular weight is 465 g/mol. The first-order valence-electron chi connectivity index (χ1n) is 11.0. The molecule has 0 amide bonds. The Kier molecular flexibility index (Phi) is 5.36. The van der Waals surface area contributed by atoms with E-state index >= 15 is 0 Å². The lowest BCUT2D eigenvalue weighted by atomic mass is 9.83. The average Bonchev–Trinajstić information content (AvgIpc) is 3.37. The van der Waals surface area contributed by atoms with Crippen LogP contribution in [0.4, 0.5) is 10.1 Å². The first-order chi connectivity index (χ1) is 14.8. The lowest BCUT2D eigenvalue weighted by molar-refractivity contribution is 0.101. The zero-order valence-corrected chi connectivity index (χ0v) is 19.6. The number of hydrogen-bond donors (Lipinski definition) is 0. The Morgan fingerprint density at radius 3 is 2.84 bits per heavy atom. The molecule has 1 saturated carbocycles. The minimum absolute atomic E-state index is 0.211. The van der Waals surface area contributed by atoms with Crippen molar-refractivity contribution >= 4 is 27.2 Å². The van der Waals surface area contributed by atoms with E-state index in [1.54, 1.807) is 30.5 Å². The number of likely N-dealkylation sites (tertiary alicyclic amines) is 1. The molecule has 5 rings (SSSR count). The summed E-state index contributed by atoms with van der Waals surface area (Å²) in [5.74, 6) is 0.387. The van der Waals surface area contributed by atoms with E-state index in [0.717, 1.165) is 25.4 Å². The maximum absolute atomic E-state index is 14.0. The van der Waals surface area contributed by atoms with Crippen LogP contribution in [-0.4, -0.2) is 54.3 Å². The Morgan fingerprint density at radius 2 is 2.13 bits per heavy atom. The first-order valence-corrected chi connectivity index (χ1v) is 13.2. The molecule has 1 spiro atoms. The predicted octanol–water partition coefficient (Wildman–Crippen LogP) is 3.65. The normalized spacial score (nSPS) is 29.1. The van der Waals surface area contributed by atoms with Gasteiger partial charge in [-0.15, -0.1) is 11.3 Å². The number of rotatable bonds is 5. The van der Waals surface area contributed by atoms with Gasteiger partial charge in [-0.1, -0.05) is 6.07 Å². The van der Waals surface area contributed by atoms with Gasteiger partial charge in [-0.05, 0) is 63.1 Å². The van der Waals surface area contributed by atoms with Crippen molar-refractivity contribution in [2.24, 2.45) is 5.92 Å². The molecule has 9 heteroatoms. The van der Waals surface area contributed by atoms with Crippen LogP contribution in [0, 0.1) is 11.7 Å². The topological polar surface area (TPSA) is 56.8 Å². The van der Waals surface area contributed by atoms with Gasteiger partial charge in [0.2, 0.25) is 0 Å². The van der Waals surface area contributed by atoms with Crippen LogP contribution in [0.15, 0.2) is 29.8 Å². The summed E-state index contributed by atoms with van der Waals surface area (Å²) < 4.78 is 43.2. The molecule has 1 aromatic heterocycles. The van der Waals surface area contributed by atoms with Crippen LogP contribution in [0.1, 0.15) is 43.2 Å². The maximum Gasteiger partial charge on any atom is 0.304 e. The third-order valence-corrected chi connectivity index (χ3v) is 9.87. The molecule has 2 aliphatic heterocycles. The largest absolute Gasteiger partial charge is 0.304 e. The molecule has 1 aromatic carbocycles. The highest BCUT2D eigenvalue weighted by atomic mass is 32.2. The van der Waals surface area contributed by atoms with Crippen molar-refractivity contribution < 1.29 is 12.8 Å². The smallest absolute Gasteiger partial charge is 0.295 e. The number of piperidine rings is 1. The second-order valence-electron chi connectivity index (χ2n) is 9.38. The molecule has 3 heterocycles. The number of anilines is 1. The summed E-state index contributed by atoms with van der Waals surface area (Å²) in [5, 5.41) is 0. The number of halogens is 1. The highest BCUT2D eigenvalue weighted by Crippen LogP contribution is 2.44. The first kappa shape index (κ1) is 21.3. The van der Waals surface area contributed by atoms with Gasteiger partial charge in [-0.2, -0.15) is 12.7 Å². The number of nitrogens with zero attached hydrogens (tertiary/aromatic N) is 4. The van der Waals surface area contributed by atoms with Crippen LogP contribution >= 0.6 is 11.3 Å². The number of thiazole rings is 1. The molecule has 168 valence electrons. The molecule has 31 heavy (non-hydrogen) atoms. The van der Waals surface area contributed by atoms with E-state index in [-0.39, 0.29) is 6.04 Å². The van der Waals surface area contributed by atoms with E-state index in [4.69, 9.17) is 0 Å². The Bertz CT molecular complexity index is 1070. The van der Waals surface area contributed by atoms with Crippen LogP contribution in [0.5, 0.6) is 0 Å². The van der Waals surface area contributed by atoms with Gasteiger partial charge >= 0.3 is 10.2 Å². The van der Waals surface area contributed by atoms with Crippen LogP contribution < -0.4 is 4.31 Å². The Morgan fingerprint density at radius 1 is 1.32 bits per heavy atom. The molecular formula is C22H29FN4O2S2. The van der Waals surface area contributed by atoms with Crippen LogP contribution in [-0.2, 0) is 23.2 Å². The quantitative estimate of drug-likeness (QED) is 0.678. The fourth-order valence-electron chi connectivity index (χ4n) is 5.24. The summed E-state index contributed by atoms with van der Waals surface area (Å²) in [5.41, 5.74) is 3.05. The summed E-state index contributed by atoms with van der Waals surface area (Å²) in [6, 6.07) is 6.16. The predicted molar refractivity (Wildman–Crippen MR) is 121 cm³/mol. The van der Waals surface area contributed by atoms with Crippen molar-refractivity contribution in [3.05, 3.63) is 46.2 Å². The van der Waals surface area contributed by atoms with Crippen LogP contribution in [0.2, 0.25) is 0 Å². The number of aromatic nitrogens is 1. The fourth-order valence-corrected chi connectivity index (χ4v) is 7.83. The molecule has 2 saturated heterocycles. The van der Waals surface area contributed by atoms with Crippen molar-refractivity contribution in [1.29, 1.82) is 0 Å². The van der Waals surface area contributed by atoms with Crippen molar-refractivity contribution in [3.63, 3.8) is 0 Å². The van der Waals surface area contributed by atoms with E-state index in [0.29, 0.717) is 25.1 Å². The zero-order chi connectivity index (χ0) is 21.8. The van der Waals surface area contributed by atoms with Crippen molar-refractivity contribution in [2.75, 3.05) is 24.4 Å². The van der Waals surface area contributed by atoms with Crippen molar-refractivity contribution in [3.8, 4) is 0 Å². The molecule has 0 bridgehead atoms. The molecular weight excluding hydrogens is 435 g/mol. The molecule has 0 unspecified atom stereocenters. The highest BCUT2D eigenvalue weighted by molar-refractivity contribution is 7.90. The van der Waals surface area contributed by atoms with E-state index in [9.17, 15) is 12.8 Å². The Balaban J connectivity index is 1.38. The van der Waals surface area contributed by atoms with Gasteiger partial charge in [0.05, 0.1) is 22.4 Å². The van der Waals surface area contributed by atoms with Gasteiger partial charge in [0.25, 0.3) is 0 Å². The molecule has 2 aromatic rings. The van der Waals surface area contributed by atoms with Crippen molar-refractivity contribution in [1.82, 2.24) is 14.2 Å². The number of benzene rings is 1. The SMILES string of the molecule is C[C@H]1C[C@]2(CCN1Cc1scnc1CC1CC1)CN(C)S(=O)(=O)N2c1cccc(F)c1. The summed E-state index contributed by atoms with van der Waals surface area (Å²) >= 11 is 1.73. The lowest BCUT2D eigenvalue weighted by Gasteiger charge is -2.47. The summed E-state index contributed by atoms with van der Waals surface area (Å²) in [4.78, 5) is 8.40. The second kappa shape index (κ2) is 7.79. The third-order valence-electron chi connectivity index (χ3n) is 7.03. The van der Waals surface area contributed by atoms with Gasteiger partial charge < -0.3 is 0 Å². The van der Waals surface area contributed by atoms with Gasteiger partial charge in [0.1, 0.15) is 5.82 Å². The zero-order valence-electron chi connectivity index (χ0n) is 18.0. The number of hydrogen-bond acceptors (Lipinski definition) is 5. The molecule has 0 radical (unpaired) electrons. The standard InChI is InChI=1S/C22H29FN4O2S2/c1-16-12-22(8-9-26(16)13-21-20(24-15-30-21)10-17-6-7-17)14-25(2)31(28,29)27(22)19-5-3-4-18(23)11-19/h3-5,11,15-17H,6-10,12-14H2,1-2H3/t16-,22+/m0/s1. The Hall–Kier alpha value is -1.55. The summed E-state index contributed by atoms with van der Waals surface area (Å²) in [6.07, 6.45) is 5.15. The summed E-state index contributed by atoms with van der Waals surface area (Å²) in [7, 11) is -2.05. The monoisotopic (exact) mass is 464 g/mol. The molecule has 6 nitrogen and oxygen atoms in total. The second-order valence-corrected chi connectivity index (χ2v) is 12.2. The highest BCUT2D eigenvalue weighted by Gasteiger charge is 2.55. The van der Waals surface area contributed by atoms with E-state index in [1.165, 1.54) is 44.2 Å². The number of likely N-dealkylation sites (N-methyl/N-ethyl adjacent to an activating group) is 1. The minimum atomic E-state index is -3.67. The fraction of sp³-hybridized carbons (Fsp3) is 0.591. The van der Waals surface area contributed by atoms with E-state index in [1.807, 2.05) is 5.51 Å². The van der Waals surface area contributed by atoms with Gasteiger partial charge in [-0.3, -0.25) is 9.21 Å². The van der Waals surface area contributed by atoms with Crippen LogP contribution in [0.3, 0.4) is 0 Å². The van der Waals surface area contributed by atoms with E-state index in [2.05, 4.69) is 16.8 Å². The van der Waals surface area contributed by atoms with E-state index < -0.39 is 21.6 Å². The van der Waals surface area contributed by atoms with Crippen molar-refractivity contribution in [2.45, 2.75) is 57.2 Å². The minimum Gasteiger partial charge on any atom is -0.295 e. The van der Waals surface area contributed by atoms with Gasteiger partial charge in [0.15, 0.2) is 0 Å². The molecule has 0 N–H and O–H groups in total. The van der Waals surface area contributed by atoms with Gasteiger partial charge in [0, 0.05) is 37.6 Å². The molecule has 2 atom stereocenters.